The van der Waals surface area contributed by atoms with E-state index in [0.717, 1.165) is 45.7 Å². The molecule has 0 fully saturated rings. The number of esters is 1. The first-order valence-corrected chi connectivity index (χ1v) is 16.7. The van der Waals surface area contributed by atoms with Crippen molar-refractivity contribution in [2.45, 2.75) is 38.0 Å². The smallest absolute Gasteiger partial charge is 0.341 e. The summed E-state index contributed by atoms with van der Waals surface area (Å²) in [6.45, 7) is 4.16. The van der Waals surface area contributed by atoms with Crippen LogP contribution in [0.15, 0.2) is 89.5 Å². The minimum Gasteiger partial charge on any atom is -0.465 e. The van der Waals surface area contributed by atoms with Crippen molar-refractivity contribution < 1.29 is 23.9 Å². The topological polar surface area (TPSA) is 114 Å². The highest BCUT2D eigenvalue weighted by Gasteiger charge is 2.29. The van der Waals surface area contributed by atoms with Gasteiger partial charge in [0.2, 0.25) is 5.91 Å². The number of anilines is 2. The van der Waals surface area contributed by atoms with Gasteiger partial charge in [0, 0.05) is 21.0 Å². The van der Waals surface area contributed by atoms with E-state index in [-0.39, 0.29) is 17.4 Å². The molecule has 0 radical (unpaired) electrons. The molecule has 8 nitrogen and oxygen atoms in total. The number of hydrogen-bond donors (Lipinski definition) is 3. The lowest BCUT2D eigenvalue weighted by Crippen LogP contribution is -2.30. The molecule has 1 unspecified atom stereocenters. The second kappa shape index (κ2) is 15.1. The molecule has 3 amide bonds. The Morgan fingerprint density at radius 3 is 2.48 bits per heavy atom. The molecule has 0 saturated heterocycles. The summed E-state index contributed by atoms with van der Waals surface area (Å²) in [6.07, 6.45) is 4.29. The van der Waals surface area contributed by atoms with Gasteiger partial charge in [-0.05, 0) is 79.6 Å². The second-order valence-corrected chi connectivity index (χ2v) is 13.3. The molecular formula is C36H35N3O5S2. The number of carbonyl (C=O) groups is 4. The lowest BCUT2D eigenvalue weighted by molar-refractivity contribution is -0.114. The zero-order valence-electron chi connectivity index (χ0n) is 25.8. The Bertz CT molecular complexity index is 1780. The molecule has 0 aliphatic heterocycles. The van der Waals surface area contributed by atoms with Gasteiger partial charge in [0.05, 0.1) is 18.4 Å². The van der Waals surface area contributed by atoms with E-state index in [9.17, 15) is 19.2 Å². The van der Waals surface area contributed by atoms with Gasteiger partial charge in [-0.2, -0.15) is 0 Å². The Labute approximate surface area is 276 Å². The number of hydrogen-bond acceptors (Lipinski definition) is 7. The fourth-order valence-electron chi connectivity index (χ4n) is 5.10. The number of amides is 3. The minimum absolute atomic E-state index is 0.0876. The predicted octanol–water partition coefficient (Wildman–Crippen LogP) is 7.11. The van der Waals surface area contributed by atoms with Crippen molar-refractivity contribution in [3.63, 3.8) is 0 Å². The van der Waals surface area contributed by atoms with Gasteiger partial charge in [0.15, 0.2) is 0 Å². The van der Waals surface area contributed by atoms with E-state index in [4.69, 9.17) is 4.74 Å². The number of benzene rings is 3. The van der Waals surface area contributed by atoms with Crippen molar-refractivity contribution in [2.75, 3.05) is 23.5 Å². The van der Waals surface area contributed by atoms with Gasteiger partial charge in [-0.1, -0.05) is 61.0 Å². The van der Waals surface area contributed by atoms with E-state index < -0.39 is 17.8 Å². The van der Waals surface area contributed by atoms with Gasteiger partial charge in [-0.15, -0.1) is 23.1 Å². The van der Waals surface area contributed by atoms with Crippen LogP contribution in [-0.2, 0) is 27.2 Å². The molecule has 1 heterocycles. The highest BCUT2D eigenvalue weighted by atomic mass is 32.2. The van der Waals surface area contributed by atoms with Gasteiger partial charge in [-0.3, -0.25) is 14.4 Å². The standard InChI is InChI=1S/C36H35N3O5S2/c1-22-12-15-24(16-13-22)19-29(38-33(41)25-8-5-4-6-9-25)34(42)37-26-10-7-11-27(20-26)45-21-31(40)39-35-32(36(43)44-3)28-17-14-23(2)18-30(28)46-35/h4-13,15-16,19-20,23H,14,17-18,21H2,1-3H3,(H,37,42)(H,38,41)(H,39,40)/b29-19+. The highest BCUT2D eigenvalue weighted by Crippen LogP contribution is 2.40. The quantitative estimate of drug-likeness (QED) is 0.0956. The van der Waals surface area contributed by atoms with Crippen LogP contribution in [-0.4, -0.2) is 36.6 Å². The average Bonchev–Trinajstić information content (AvgIpc) is 3.41. The lowest BCUT2D eigenvalue weighted by atomic mass is 9.88. The Morgan fingerprint density at radius 2 is 1.74 bits per heavy atom. The minimum atomic E-state index is -0.490. The summed E-state index contributed by atoms with van der Waals surface area (Å²) >= 11 is 2.76. The summed E-state index contributed by atoms with van der Waals surface area (Å²) in [4.78, 5) is 53.9. The number of rotatable bonds is 10. The molecule has 1 aliphatic carbocycles. The van der Waals surface area contributed by atoms with Gasteiger partial charge < -0.3 is 20.7 Å². The van der Waals surface area contributed by atoms with Crippen LogP contribution >= 0.6 is 23.1 Å². The SMILES string of the molecule is COC(=O)c1c(NC(=O)CSc2cccc(NC(=O)/C(=C\c3ccc(C)cc3)NC(=O)c3ccccc3)c2)sc2c1CCC(C)C2. The molecule has 0 saturated carbocycles. The number of ether oxygens (including phenoxy) is 1. The number of nitrogens with one attached hydrogen (secondary N) is 3. The summed E-state index contributed by atoms with van der Waals surface area (Å²) in [5, 5.41) is 9.08. The molecule has 3 N–H and O–H groups in total. The summed E-state index contributed by atoms with van der Waals surface area (Å²) < 4.78 is 5.03. The maximum Gasteiger partial charge on any atom is 0.341 e. The first kappa shape index (κ1) is 32.7. The molecule has 236 valence electrons. The zero-order valence-corrected chi connectivity index (χ0v) is 27.5. The Morgan fingerprint density at radius 1 is 0.978 bits per heavy atom. The van der Waals surface area contributed by atoms with Crippen LogP contribution in [0.2, 0.25) is 0 Å². The number of fused-ring (bicyclic) bond motifs is 1. The van der Waals surface area contributed by atoms with E-state index in [0.29, 0.717) is 27.7 Å². The maximum atomic E-state index is 13.4. The van der Waals surface area contributed by atoms with Crippen molar-refractivity contribution in [1.82, 2.24) is 5.32 Å². The monoisotopic (exact) mass is 653 g/mol. The van der Waals surface area contributed by atoms with E-state index >= 15 is 0 Å². The van der Waals surface area contributed by atoms with Crippen molar-refractivity contribution in [1.29, 1.82) is 0 Å². The molecule has 1 atom stereocenters. The van der Waals surface area contributed by atoms with Crippen molar-refractivity contribution in [2.24, 2.45) is 5.92 Å². The largest absolute Gasteiger partial charge is 0.465 e. The first-order valence-electron chi connectivity index (χ1n) is 14.9. The summed E-state index contributed by atoms with van der Waals surface area (Å²) in [5.41, 5.74) is 4.31. The Hall–Kier alpha value is -4.67. The molecule has 1 aromatic heterocycles. The molecule has 3 aromatic carbocycles. The normalized spacial score (nSPS) is 14.2. The van der Waals surface area contributed by atoms with Crippen LogP contribution < -0.4 is 16.0 Å². The van der Waals surface area contributed by atoms with Crippen molar-refractivity contribution >= 4 is 63.6 Å². The summed E-state index contributed by atoms with van der Waals surface area (Å²) in [7, 11) is 1.35. The van der Waals surface area contributed by atoms with E-state index in [1.165, 1.54) is 30.2 Å². The number of thiophene rings is 1. The maximum absolute atomic E-state index is 13.4. The van der Waals surface area contributed by atoms with Gasteiger partial charge in [0.1, 0.15) is 10.7 Å². The fourth-order valence-corrected chi connectivity index (χ4v) is 7.27. The number of carbonyl (C=O) groups excluding carboxylic acids is 4. The van der Waals surface area contributed by atoms with Crippen LogP contribution in [0.5, 0.6) is 0 Å². The molecule has 0 bridgehead atoms. The third-order valence-electron chi connectivity index (χ3n) is 7.53. The molecule has 46 heavy (non-hydrogen) atoms. The van der Waals surface area contributed by atoms with Gasteiger partial charge >= 0.3 is 5.97 Å². The zero-order chi connectivity index (χ0) is 32.6. The highest BCUT2D eigenvalue weighted by molar-refractivity contribution is 8.00. The predicted molar refractivity (Wildman–Crippen MR) is 184 cm³/mol. The van der Waals surface area contributed by atoms with E-state index in [1.807, 2.05) is 43.3 Å². The van der Waals surface area contributed by atoms with Crippen LogP contribution in [0.25, 0.3) is 6.08 Å². The third-order valence-corrected chi connectivity index (χ3v) is 9.70. The third kappa shape index (κ3) is 8.32. The number of thioether (sulfide) groups is 1. The van der Waals surface area contributed by atoms with Crippen molar-refractivity contribution in [3.8, 4) is 0 Å². The van der Waals surface area contributed by atoms with Crippen LogP contribution in [0.4, 0.5) is 10.7 Å². The fraction of sp³-hybridized carbons (Fsp3) is 0.222. The van der Waals surface area contributed by atoms with Gasteiger partial charge in [0.25, 0.3) is 11.8 Å². The van der Waals surface area contributed by atoms with Crippen molar-refractivity contribution in [3.05, 3.63) is 117 Å². The molecule has 10 heteroatoms. The second-order valence-electron chi connectivity index (χ2n) is 11.2. The van der Waals surface area contributed by atoms with Crippen LogP contribution in [0.3, 0.4) is 0 Å². The molecule has 0 spiro atoms. The number of methoxy groups -OCH3 is 1. The van der Waals surface area contributed by atoms with E-state index in [1.54, 1.807) is 48.5 Å². The summed E-state index contributed by atoms with van der Waals surface area (Å²) in [5.74, 6) is -0.949. The van der Waals surface area contributed by atoms with E-state index in [2.05, 4.69) is 22.9 Å². The number of aryl methyl sites for hydroxylation is 1. The molecule has 4 aromatic rings. The Kier molecular flexibility index (Phi) is 10.7. The molecule has 5 rings (SSSR count). The summed E-state index contributed by atoms with van der Waals surface area (Å²) in [6, 6.07) is 23.4. The molecule has 1 aliphatic rings. The molecular weight excluding hydrogens is 619 g/mol. The van der Waals surface area contributed by atoms with Crippen LogP contribution in [0.1, 0.15) is 55.6 Å². The van der Waals surface area contributed by atoms with Crippen LogP contribution in [0, 0.1) is 12.8 Å². The lowest BCUT2D eigenvalue weighted by Gasteiger charge is -2.18. The average molecular weight is 654 g/mol. The Balaban J connectivity index is 1.26. The first-order chi connectivity index (χ1) is 22.2. The van der Waals surface area contributed by atoms with Gasteiger partial charge in [-0.25, -0.2) is 4.79 Å².